The van der Waals surface area contributed by atoms with E-state index < -0.39 is 0 Å². The van der Waals surface area contributed by atoms with Crippen molar-refractivity contribution in [2.45, 2.75) is 40.0 Å². The van der Waals surface area contributed by atoms with E-state index in [0.29, 0.717) is 6.61 Å². The van der Waals surface area contributed by atoms with E-state index in [2.05, 4.69) is 29.8 Å². The van der Waals surface area contributed by atoms with Crippen molar-refractivity contribution in [1.29, 1.82) is 0 Å². The Hall–Kier alpha value is -0.350. The third kappa shape index (κ3) is 2.58. The van der Waals surface area contributed by atoms with Crippen LogP contribution in [0.15, 0.2) is 3.79 Å². The van der Waals surface area contributed by atoms with Crippen molar-refractivity contribution in [1.82, 2.24) is 0 Å². The Kier molecular flexibility index (Phi) is 3.64. The van der Waals surface area contributed by atoms with Crippen molar-refractivity contribution in [3.05, 3.63) is 19.8 Å². The first-order valence-corrected chi connectivity index (χ1v) is 7.52. The van der Waals surface area contributed by atoms with Gasteiger partial charge in [0.1, 0.15) is 4.88 Å². The summed E-state index contributed by atoms with van der Waals surface area (Å²) in [5, 5.41) is 0. The molecule has 0 radical (unpaired) electrons. The van der Waals surface area contributed by atoms with Gasteiger partial charge in [0.25, 0.3) is 0 Å². The minimum Gasteiger partial charge on any atom is -0.462 e. The van der Waals surface area contributed by atoms with Crippen LogP contribution in [0.25, 0.3) is 0 Å². The molecule has 0 amide bonds. The molecule has 2 rings (SSSR count). The normalized spacial score (nSPS) is 17.6. The maximum absolute atomic E-state index is 11.9. The Morgan fingerprint density at radius 3 is 2.82 bits per heavy atom. The van der Waals surface area contributed by atoms with E-state index >= 15 is 0 Å². The summed E-state index contributed by atoms with van der Waals surface area (Å²) >= 11 is 5.09. The standard InChI is InChI=1S/C13H17BrO2S/c1-4-16-12(15)10-9-7-13(2,3)6-5-8(9)11(14)17-10/h4-7H2,1-3H3. The molecular formula is C13H17BrO2S. The van der Waals surface area contributed by atoms with Gasteiger partial charge in [0.05, 0.1) is 10.4 Å². The Morgan fingerprint density at radius 1 is 1.47 bits per heavy atom. The molecule has 17 heavy (non-hydrogen) atoms. The zero-order chi connectivity index (χ0) is 12.6. The number of carbonyl (C=O) groups excluding carboxylic acids is 1. The Labute approximate surface area is 114 Å². The quantitative estimate of drug-likeness (QED) is 0.764. The van der Waals surface area contributed by atoms with E-state index in [-0.39, 0.29) is 11.4 Å². The number of rotatable bonds is 2. The Bertz CT molecular complexity index is 449. The van der Waals surface area contributed by atoms with Crippen LogP contribution in [-0.2, 0) is 17.6 Å². The number of carbonyl (C=O) groups is 1. The van der Waals surface area contributed by atoms with Gasteiger partial charge in [-0.05, 0) is 58.7 Å². The van der Waals surface area contributed by atoms with Gasteiger partial charge < -0.3 is 4.74 Å². The van der Waals surface area contributed by atoms with Crippen LogP contribution >= 0.6 is 27.3 Å². The van der Waals surface area contributed by atoms with Crippen molar-refractivity contribution in [3.8, 4) is 0 Å². The van der Waals surface area contributed by atoms with Crippen LogP contribution in [0.5, 0.6) is 0 Å². The number of hydrogen-bond acceptors (Lipinski definition) is 3. The van der Waals surface area contributed by atoms with Crippen LogP contribution in [0.1, 0.15) is 48.0 Å². The minimum atomic E-state index is -0.169. The molecule has 1 aliphatic rings. The maximum atomic E-state index is 11.9. The molecule has 1 aliphatic carbocycles. The van der Waals surface area contributed by atoms with Gasteiger partial charge in [-0.2, -0.15) is 0 Å². The molecule has 1 aromatic rings. The predicted octanol–water partition coefficient (Wildman–Crippen LogP) is 4.20. The molecular weight excluding hydrogens is 300 g/mol. The Balaban J connectivity index is 2.39. The second kappa shape index (κ2) is 4.73. The predicted molar refractivity (Wildman–Crippen MR) is 73.8 cm³/mol. The fourth-order valence-electron chi connectivity index (χ4n) is 2.30. The van der Waals surface area contributed by atoms with Gasteiger partial charge in [-0.15, -0.1) is 11.3 Å². The number of hydrogen-bond donors (Lipinski definition) is 0. The van der Waals surface area contributed by atoms with E-state index in [9.17, 15) is 4.79 Å². The summed E-state index contributed by atoms with van der Waals surface area (Å²) in [5.41, 5.74) is 2.81. The highest BCUT2D eigenvalue weighted by atomic mass is 79.9. The molecule has 0 spiro atoms. The van der Waals surface area contributed by atoms with Gasteiger partial charge in [0.2, 0.25) is 0 Å². The molecule has 0 saturated heterocycles. The zero-order valence-electron chi connectivity index (χ0n) is 10.4. The van der Waals surface area contributed by atoms with Crippen molar-refractivity contribution in [2.24, 2.45) is 5.41 Å². The minimum absolute atomic E-state index is 0.169. The molecule has 94 valence electrons. The number of ether oxygens (including phenoxy) is 1. The first kappa shape index (κ1) is 13.1. The van der Waals surface area contributed by atoms with Gasteiger partial charge >= 0.3 is 5.97 Å². The van der Waals surface area contributed by atoms with Crippen molar-refractivity contribution in [2.75, 3.05) is 6.61 Å². The molecule has 0 N–H and O–H groups in total. The van der Waals surface area contributed by atoms with E-state index in [1.807, 2.05) is 6.92 Å². The van der Waals surface area contributed by atoms with Crippen LogP contribution < -0.4 is 0 Å². The zero-order valence-corrected chi connectivity index (χ0v) is 12.8. The highest BCUT2D eigenvalue weighted by Gasteiger charge is 2.32. The van der Waals surface area contributed by atoms with Crippen LogP contribution in [0.2, 0.25) is 0 Å². The number of fused-ring (bicyclic) bond motifs is 1. The largest absolute Gasteiger partial charge is 0.462 e. The molecule has 0 atom stereocenters. The highest BCUT2D eigenvalue weighted by molar-refractivity contribution is 9.11. The van der Waals surface area contributed by atoms with Gasteiger partial charge in [-0.1, -0.05) is 13.8 Å². The lowest BCUT2D eigenvalue weighted by Crippen LogP contribution is -2.23. The molecule has 0 aliphatic heterocycles. The molecule has 0 fully saturated rings. The SMILES string of the molecule is CCOC(=O)c1sc(Br)c2c1CC(C)(C)CC2. The summed E-state index contributed by atoms with van der Waals surface area (Å²) in [4.78, 5) is 12.7. The summed E-state index contributed by atoms with van der Waals surface area (Å²) in [6, 6.07) is 0. The number of thiophene rings is 1. The van der Waals surface area contributed by atoms with Gasteiger partial charge in [0, 0.05) is 0 Å². The first-order valence-electron chi connectivity index (χ1n) is 5.92. The average molecular weight is 317 g/mol. The van der Waals surface area contributed by atoms with Crippen molar-refractivity contribution < 1.29 is 9.53 Å². The van der Waals surface area contributed by atoms with Gasteiger partial charge in [-0.25, -0.2) is 4.79 Å². The first-order chi connectivity index (χ1) is 7.94. The van der Waals surface area contributed by atoms with Gasteiger partial charge in [-0.3, -0.25) is 0 Å². The van der Waals surface area contributed by atoms with Gasteiger partial charge in [0.15, 0.2) is 0 Å². The fraction of sp³-hybridized carbons (Fsp3) is 0.615. The summed E-state index contributed by atoms with van der Waals surface area (Å²) < 4.78 is 6.23. The Morgan fingerprint density at radius 2 is 2.18 bits per heavy atom. The lowest BCUT2D eigenvalue weighted by Gasteiger charge is -2.30. The van der Waals surface area contributed by atoms with E-state index in [4.69, 9.17) is 4.74 Å². The summed E-state index contributed by atoms with van der Waals surface area (Å²) in [6.07, 6.45) is 3.20. The van der Waals surface area contributed by atoms with E-state index in [1.54, 1.807) is 0 Å². The van der Waals surface area contributed by atoms with Crippen LogP contribution in [-0.4, -0.2) is 12.6 Å². The highest BCUT2D eigenvalue weighted by Crippen LogP contribution is 2.43. The molecule has 0 unspecified atom stereocenters. The number of esters is 1. The summed E-state index contributed by atoms with van der Waals surface area (Å²) in [7, 11) is 0. The summed E-state index contributed by atoms with van der Waals surface area (Å²) in [6.45, 7) is 6.80. The van der Waals surface area contributed by atoms with Crippen LogP contribution in [0.3, 0.4) is 0 Å². The lowest BCUT2D eigenvalue weighted by molar-refractivity contribution is 0.0530. The topological polar surface area (TPSA) is 26.3 Å². The fourth-order valence-corrected chi connectivity index (χ4v) is 4.21. The molecule has 0 bridgehead atoms. The second-order valence-corrected chi connectivity index (χ2v) is 7.56. The molecule has 1 aromatic heterocycles. The monoisotopic (exact) mass is 316 g/mol. The molecule has 0 saturated carbocycles. The van der Waals surface area contributed by atoms with Crippen molar-refractivity contribution >= 4 is 33.2 Å². The van der Waals surface area contributed by atoms with Crippen LogP contribution in [0, 0.1) is 5.41 Å². The molecule has 2 nitrogen and oxygen atoms in total. The molecule has 0 aromatic carbocycles. The van der Waals surface area contributed by atoms with Crippen molar-refractivity contribution in [3.63, 3.8) is 0 Å². The maximum Gasteiger partial charge on any atom is 0.348 e. The van der Waals surface area contributed by atoms with E-state index in [1.165, 1.54) is 28.9 Å². The third-order valence-corrected chi connectivity index (χ3v) is 5.24. The van der Waals surface area contributed by atoms with Crippen LogP contribution in [0.4, 0.5) is 0 Å². The smallest absolute Gasteiger partial charge is 0.348 e. The lowest BCUT2D eigenvalue weighted by atomic mass is 9.75. The average Bonchev–Trinajstić information content (AvgIpc) is 2.54. The molecule has 4 heteroatoms. The number of halogens is 1. The second-order valence-electron chi connectivity index (χ2n) is 5.22. The summed E-state index contributed by atoms with van der Waals surface area (Å²) in [5.74, 6) is -0.169. The third-order valence-electron chi connectivity index (χ3n) is 3.24. The molecule has 1 heterocycles. The van der Waals surface area contributed by atoms with E-state index in [0.717, 1.165) is 21.5 Å².